The fourth-order valence-electron chi connectivity index (χ4n) is 3.10. The van der Waals surface area contributed by atoms with Crippen molar-refractivity contribution in [3.8, 4) is 11.1 Å². The van der Waals surface area contributed by atoms with E-state index in [9.17, 15) is 13.2 Å². The van der Waals surface area contributed by atoms with Gasteiger partial charge in [-0.1, -0.05) is 29.8 Å². The highest BCUT2D eigenvalue weighted by Crippen LogP contribution is 2.42. The number of fused-ring (bicyclic) bond motifs is 3. The van der Waals surface area contributed by atoms with Gasteiger partial charge >= 0.3 is 0 Å². The van der Waals surface area contributed by atoms with Crippen LogP contribution in [0.2, 0.25) is 5.02 Å². The summed E-state index contributed by atoms with van der Waals surface area (Å²) in [4.78, 5) is 12.9. The van der Waals surface area contributed by atoms with Gasteiger partial charge in [0.05, 0.1) is 10.6 Å². The van der Waals surface area contributed by atoms with Crippen molar-refractivity contribution < 1.29 is 13.2 Å². The molecule has 0 radical (unpaired) electrons. The molecule has 27 heavy (non-hydrogen) atoms. The van der Waals surface area contributed by atoms with Crippen LogP contribution in [0.3, 0.4) is 0 Å². The smallest absolute Gasteiger partial charge is 0.264 e. The molecule has 3 aromatic carbocycles. The van der Waals surface area contributed by atoms with Gasteiger partial charge in [-0.3, -0.25) is 9.10 Å². The third-order valence-corrected chi connectivity index (χ3v) is 6.60. The molecule has 1 aliphatic rings. The summed E-state index contributed by atoms with van der Waals surface area (Å²) in [6.07, 6.45) is 0. The molecule has 3 aromatic rings. The predicted molar refractivity (Wildman–Crippen MR) is 107 cm³/mol. The van der Waals surface area contributed by atoms with Gasteiger partial charge in [0.25, 0.3) is 15.9 Å². The molecule has 136 valence electrons. The van der Waals surface area contributed by atoms with E-state index in [1.165, 1.54) is 11.4 Å². The molecule has 1 aliphatic heterocycles. The molecular weight excluding hydrogens is 384 g/mol. The average Bonchev–Trinajstić information content (AvgIpc) is 2.68. The molecule has 0 saturated heterocycles. The van der Waals surface area contributed by atoms with Crippen molar-refractivity contribution in [2.24, 2.45) is 0 Å². The van der Waals surface area contributed by atoms with E-state index in [-0.39, 0.29) is 10.8 Å². The van der Waals surface area contributed by atoms with E-state index in [4.69, 9.17) is 11.6 Å². The zero-order valence-electron chi connectivity index (χ0n) is 14.3. The Balaban J connectivity index is 1.76. The number of rotatable bonds is 2. The largest absolute Gasteiger partial charge is 0.322 e. The highest BCUT2D eigenvalue weighted by molar-refractivity contribution is 7.93. The molecule has 1 heterocycles. The summed E-state index contributed by atoms with van der Waals surface area (Å²) >= 11 is 5.86. The number of sulfonamides is 1. The Labute approximate surface area is 162 Å². The minimum Gasteiger partial charge on any atom is -0.322 e. The summed E-state index contributed by atoms with van der Waals surface area (Å²) in [5.41, 5.74) is 2.89. The number of hydrogen-bond donors (Lipinski definition) is 1. The molecule has 1 N–H and O–H groups in total. The van der Waals surface area contributed by atoms with Gasteiger partial charge in [-0.2, -0.15) is 0 Å². The van der Waals surface area contributed by atoms with Crippen molar-refractivity contribution in [2.75, 3.05) is 16.7 Å². The van der Waals surface area contributed by atoms with Crippen LogP contribution in [0.4, 0.5) is 11.4 Å². The maximum absolute atomic E-state index is 12.7. The Bertz CT molecular complexity index is 1160. The number of nitrogens with zero attached hydrogens (tertiary/aromatic N) is 1. The molecule has 0 aliphatic carbocycles. The molecule has 0 saturated carbocycles. The van der Waals surface area contributed by atoms with Crippen molar-refractivity contribution in [2.45, 2.75) is 4.90 Å². The van der Waals surface area contributed by atoms with E-state index in [2.05, 4.69) is 5.32 Å². The Morgan fingerprint density at radius 1 is 0.963 bits per heavy atom. The minimum absolute atomic E-state index is 0.232. The molecule has 1 amide bonds. The molecule has 0 unspecified atom stereocenters. The zero-order valence-corrected chi connectivity index (χ0v) is 15.9. The van der Waals surface area contributed by atoms with Crippen molar-refractivity contribution >= 4 is 38.9 Å². The van der Waals surface area contributed by atoms with Crippen LogP contribution in [-0.2, 0) is 10.0 Å². The lowest BCUT2D eigenvalue weighted by atomic mass is 10.00. The fraction of sp³-hybridized carbons (Fsp3) is 0.0500. The molecule has 0 spiro atoms. The summed E-state index contributed by atoms with van der Waals surface area (Å²) < 4.78 is 26.6. The lowest BCUT2D eigenvalue weighted by molar-refractivity contribution is 0.102. The monoisotopic (exact) mass is 398 g/mol. The normalized spacial score (nSPS) is 14.2. The van der Waals surface area contributed by atoms with Crippen LogP contribution in [-0.4, -0.2) is 21.4 Å². The number of halogens is 1. The number of amides is 1. The minimum atomic E-state index is -3.60. The lowest BCUT2D eigenvalue weighted by Gasteiger charge is -2.29. The molecule has 7 heteroatoms. The van der Waals surface area contributed by atoms with Gasteiger partial charge in [0.2, 0.25) is 0 Å². The lowest BCUT2D eigenvalue weighted by Crippen LogP contribution is -2.30. The van der Waals surface area contributed by atoms with Gasteiger partial charge in [-0.25, -0.2) is 8.42 Å². The molecule has 0 bridgehead atoms. The number of hydrogen-bond acceptors (Lipinski definition) is 3. The third-order valence-electron chi connectivity index (χ3n) is 4.52. The fourth-order valence-corrected chi connectivity index (χ4v) is 4.64. The van der Waals surface area contributed by atoms with Crippen LogP contribution in [0.25, 0.3) is 11.1 Å². The van der Waals surface area contributed by atoms with Crippen molar-refractivity contribution in [3.63, 3.8) is 0 Å². The highest BCUT2D eigenvalue weighted by atomic mass is 35.5. The summed E-state index contributed by atoms with van der Waals surface area (Å²) in [5.74, 6) is -0.284. The Morgan fingerprint density at radius 2 is 1.67 bits per heavy atom. The van der Waals surface area contributed by atoms with E-state index in [0.29, 0.717) is 33.1 Å². The summed E-state index contributed by atoms with van der Waals surface area (Å²) in [6, 6.07) is 18.6. The first kappa shape index (κ1) is 17.6. The zero-order chi connectivity index (χ0) is 19.2. The second-order valence-corrected chi connectivity index (χ2v) is 8.54. The first-order valence-electron chi connectivity index (χ1n) is 8.17. The van der Waals surface area contributed by atoms with Gasteiger partial charge < -0.3 is 5.32 Å². The molecule has 4 rings (SSSR count). The average molecular weight is 399 g/mol. The number of anilines is 2. The van der Waals surface area contributed by atoms with Crippen LogP contribution in [0, 0.1) is 0 Å². The first-order chi connectivity index (χ1) is 12.9. The Kier molecular flexibility index (Phi) is 4.17. The Hall–Kier alpha value is -2.83. The summed E-state index contributed by atoms with van der Waals surface area (Å²) in [6.45, 7) is 0. The van der Waals surface area contributed by atoms with E-state index in [1.807, 2.05) is 0 Å². The summed E-state index contributed by atoms with van der Waals surface area (Å²) in [7, 11) is -2.09. The van der Waals surface area contributed by atoms with Gasteiger partial charge in [0.1, 0.15) is 0 Å². The van der Waals surface area contributed by atoms with Gasteiger partial charge in [-0.15, -0.1) is 0 Å². The van der Waals surface area contributed by atoms with Crippen molar-refractivity contribution in [1.29, 1.82) is 0 Å². The SMILES string of the molecule is CN1c2ccc(C(=O)Nc3ccc(Cl)cc3)cc2-c2ccccc2S1(=O)=O. The molecule has 0 aromatic heterocycles. The maximum Gasteiger partial charge on any atom is 0.264 e. The van der Waals surface area contributed by atoms with Crippen LogP contribution in [0.1, 0.15) is 10.4 Å². The van der Waals surface area contributed by atoms with Crippen molar-refractivity contribution in [1.82, 2.24) is 0 Å². The van der Waals surface area contributed by atoms with Crippen LogP contribution >= 0.6 is 11.6 Å². The van der Waals surface area contributed by atoms with Gasteiger partial charge in [-0.05, 0) is 48.5 Å². The van der Waals surface area contributed by atoms with E-state index >= 15 is 0 Å². The number of benzene rings is 3. The van der Waals surface area contributed by atoms with Crippen LogP contribution < -0.4 is 9.62 Å². The van der Waals surface area contributed by atoms with Crippen molar-refractivity contribution in [3.05, 3.63) is 77.3 Å². The summed E-state index contributed by atoms with van der Waals surface area (Å²) in [5, 5.41) is 3.40. The molecule has 0 atom stereocenters. The van der Waals surface area contributed by atoms with E-state index in [1.54, 1.807) is 66.7 Å². The second-order valence-electron chi connectivity index (χ2n) is 6.16. The highest BCUT2D eigenvalue weighted by Gasteiger charge is 2.32. The Morgan fingerprint density at radius 3 is 2.41 bits per heavy atom. The first-order valence-corrected chi connectivity index (χ1v) is 9.99. The van der Waals surface area contributed by atoms with Crippen LogP contribution in [0.15, 0.2) is 71.6 Å². The number of nitrogens with one attached hydrogen (secondary N) is 1. The van der Waals surface area contributed by atoms with E-state index in [0.717, 1.165) is 0 Å². The van der Waals surface area contributed by atoms with Crippen LogP contribution in [0.5, 0.6) is 0 Å². The number of carbonyl (C=O) groups excluding carboxylic acids is 1. The third kappa shape index (κ3) is 2.97. The molecular formula is C20H15ClN2O3S. The second kappa shape index (κ2) is 6.40. The maximum atomic E-state index is 12.7. The quantitative estimate of drug-likeness (QED) is 0.695. The predicted octanol–water partition coefficient (Wildman–Crippen LogP) is 4.40. The molecule has 0 fully saturated rings. The topological polar surface area (TPSA) is 66.5 Å². The molecule has 5 nitrogen and oxygen atoms in total. The van der Waals surface area contributed by atoms with E-state index < -0.39 is 10.0 Å². The van der Waals surface area contributed by atoms with Gasteiger partial charge in [0.15, 0.2) is 0 Å². The van der Waals surface area contributed by atoms with Gasteiger partial charge in [0, 0.05) is 34.4 Å². The standard InChI is InChI=1S/C20H15ClN2O3S/c1-23-18-11-6-13(20(24)22-15-9-7-14(21)8-10-15)12-17(18)16-4-2-3-5-19(16)27(23,25)26/h2-12H,1H3,(H,22,24). The number of carbonyl (C=O) groups is 1.